The van der Waals surface area contributed by atoms with Crippen LogP contribution in [0.15, 0.2) is 0 Å². The first-order valence-electron chi connectivity index (χ1n) is 38.1. The number of hydrogen-bond acceptors (Lipinski definition) is 15. The van der Waals surface area contributed by atoms with Crippen molar-refractivity contribution in [1.29, 1.82) is 0 Å². The van der Waals surface area contributed by atoms with Crippen LogP contribution >= 0.6 is 15.6 Å². The number of phosphoric ester groups is 2. The van der Waals surface area contributed by atoms with Crippen molar-refractivity contribution in [3.63, 3.8) is 0 Å². The van der Waals surface area contributed by atoms with E-state index in [1.54, 1.807) is 0 Å². The van der Waals surface area contributed by atoms with E-state index in [-0.39, 0.29) is 25.7 Å². The van der Waals surface area contributed by atoms with Gasteiger partial charge in [0, 0.05) is 25.7 Å². The Labute approximate surface area is 562 Å². The zero-order chi connectivity index (χ0) is 67.9. The molecule has 0 fully saturated rings. The minimum Gasteiger partial charge on any atom is -0.462 e. The van der Waals surface area contributed by atoms with Crippen LogP contribution in [-0.2, 0) is 65.4 Å². The first-order chi connectivity index (χ1) is 44.4. The molecule has 7 atom stereocenters. The summed E-state index contributed by atoms with van der Waals surface area (Å²) >= 11 is 0. The number of aliphatic hydroxyl groups excluding tert-OH is 1. The Morgan fingerprint density at radius 2 is 0.522 bits per heavy atom. The highest BCUT2D eigenvalue weighted by atomic mass is 31.2. The van der Waals surface area contributed by atoms with E-state index in [4.69, 9.17) is 37.0 Å². The molecule has 0 aliphatic carbocycles. The van der Waals surface area contributed by atoms with Crippen molar-refractivity contribution in [3.8, 4) is 0 Å². The van der Waals surface area contributed by atoms with Crippen LogP contribution < -0.4 is 0 Å². The molecule has 0 aromatic heterocycles. The molecule has 0 heterocycles. The van der Waals surface area contributed by atoms with Gasteiger partial charge in [0.05, 0.1) is 26.4 Å². The van der Waals surface area contributed by atoms with Gasteiger partial charge in [-0.05, 0) is 37.5 Å². The molecule has 0 spiro atoms. The lowest BCUT2D eigenvalue weighted by Gasteiger charge is -2.21. The lowest BCUT2D eigenvalue weighted by Crippen LogP contribution is -2.30. The Bertz CT molecular complexity index is 1790. The van der Waals surface area contributed by atoms with Crippen LogP contribution in [0.25, 0.3) is 0 Å². The largest absolute Gasteiger partial charge is 0.472 e. The third kappa shape index (κ3) is 64.1. The number of carbonyl (C=O) groups is 4. The van der Waals surface area contributed by atoms with E-state index < -0.39 is 97.5 Å². The van der Waals surface area contributed by atoms with Crippen LogP contribution in [0.4, 0.5) is 0 Å². The fraction of sp³-hybridized carbons (Fsp3) is 0.945. The van der Waals surface area contributed by atoms with Gasteiger partial charge in [-0.2, -0.15) is 0 Å². The van der Waals surface area contributed by atoms with E-state index in [0.717, 1.165) is 102 Å². The number of phosphoric acid groups is 2. The number of ether oxygens (including phenoxy) is 4. The van der Waals surface area contributed by atoms with Crippen molar-refractivity contribution < 1.29 is 80.2 Å². The summed E-state index contributed by atoms with van der Waals surface area (Å²) in [5, 5.41) is 10.6. The summed E-state index contributed by atoms with van der Waals surface area (Å²) in [4.78, 5) is 72.7. The number of carbonyl (C=O) groups excluding carboxylic acids is 4. The third-order valence-corrected chi connectivity index (χ3v) is 19.6. The average Bonchev–Trinajstić information content (AvgIpc) is 1.69. The first-order valence-corrected chi connectivity index (χ1v) is 41.1. The summed E-state index contributed by atoms with van der Waals surface area (Å²) in [5.41, 5.74) is 0. The fourth-order valence-electron chi connectivity index (χ4n) is 11.1. The fourth-order valence-corrected chi connectivity index (χ4v) is 12.6. The summed E-state index contributed by atoms with van der Waals surface area (Å²) in [5.74, 6) is -0.572. The van der Waals surface area contributed by atoms with Crippen LogP contribution in [0, 0.1) is 11.8 Å². The van der Waals surface area contributed by atoms with Crippen molar-refractivity contribution in [2.75, 3.05) is 39.6 Å². The molecule has 0 aromatic carbocycles. The van der Waals surface area contributed by atoms with E-state index in [0.29, 0.717) is 25.7 Å². The van der Waals surface area contributed by atoms with Gasteiger partial charge in [0.1, 0.15) is 19.3 Å². The predicted octanol–water partition coefficient (Wildman–Crippen LogP) is 21.2. The molecular formula is C73H142O17P2. The zero-order valence-electron chi connectivity index (χ0n) is 59.9. The summed E-state index contributed by atoms with van der Waals surface area (Å²) in [6.07, 6.45) is 51.1. The minimum absolute atomic E-state index is 0.105. The highest BCUT2D eigenvalue weighted by molar-refractivity contribution is 7.47. The molecule has 546 valence electrons. The maximum Gasteiger partial charge on any atom is 0.472 e. The number of unbranched alkanes of at least 4 members (excludes halogenated alkanes) is 40. The van der Waals surface area contributed by atoms with Crippen molar-refractivity contribution in [2.24, 2.45) is 11.8 Å². The molecule has 0 aliphatic heterocycles. The van der Waals surface area contributed by atoms with E-state index in [1.165, 1.54) is 193 Å². The van der Waals surface area contributed by atoms with E-state index >= 15 is 0 Å². The molecule has 4 unspecified atom stereocenters. The third-order valence-electron chi connectivity index (χ3n) is 17.7. The number of aliphatic hydroxyl groups is 1. The normalized spacial score (nSPS) is 14.7. The molecule has 0 radical (unpaired) electrons. The van der Waals surface area contributed by atoms with E-state index in [9.17, 15) is 43.2 Å². The second-order valence-corrected chi connectivity index (χ2v) is 29.7. The number of rotatable bonds is 72. The number of hydrogen-bond donors (Lipinski definition) is 3. The van der Waals surface area contributed by atoms with Crippen molar-refractivity contribution >= 4 is 39.5 Å². The van der Waals surface area contributed by atoms with Crippen LogP contribution in [-0.4, -0.2) is 96.7 Å². The molecular weight excluding hydrogens is 1210 g/mol. The smallest absolute Gasteiger partial charge is 0.462 e. The van der Waals surface area contributed by atoms with Crippen molar-refractivity contribution in [1.82, 2.24) is 0 Å². The standard InChI is InChI=1S/C73H142O17P2/c1-7-11-13-15-17-19-21-23-24-25-26-28-30-39-45-51-57-72(77)89-68(62-84-71(76)56-50-44-38-33-31-35-41-47-53-65(5)9-3)63-87-91(79,80)85-59-67(74)60-86-92(81,82)88-64-69(90-73(78)58-52-46-40-34-32-36-42-48-54-66(6)10-4)61-83-70(75)55-49-43-37-29-27-22-20-18-16-14-12-8-2/h65-69,74H,7-64H2,1-6H3,(H,79,80)(H,81,82)/t65?,66?,67-,68-,69-/m1/s1. The van der Waals surface area contributed by atoms with Crippen LogP contribution in [0.2, 0.25) is 0 Å². The van der Waals surface area contributed by atoms with E-state index in [1.807, 2.05) is 0 Å². The van der Waals surface area contributed by atoms with Gasteiger partial charge in [-0.3, -0.25) is 37.3 Å². The molecule has 0 saturated carbocycles. The molecule has 92 heavy (non-hydrogen) atoms. The lowest BCUT2D eigenvalue weighted by molar-refractivity contribution is -0.161. The Morgan fingerprint density at radius 1 is 0.304 bits per heavy atom. The highest BCUT2D eigenvalue weighted by Crippen LogP contribution is 2.45. The predicted molar refractivity (Wildman–Crippen MR) is 372 cm³/mol. The van der Waals surface area contributed by atoms with Gasteiger partial charge < -0.3 is 33.8 Å². The van der Waals surface area contributed by atoms with Gasteiger partial charge in [0.15, 0.2) is 12.2 Å². The molecule has 0 aliphatic rings. The summed E-state index contributed by atoms with van der Waals surface area (Å²) in [6, 6.07) is 0. The Kier molecular flexibility index (Phi) is 63.7. The van der Waals surface area contributed by atoms with E-state index in [2.05, 4.69) is 41.5 Å². The molecule has 0 amide bonds. The van der Waals surface area contributed by atoms with Crippen molar-refractivity contribution in [3.05, 3.63) is 0 Å². The van der Waals surface area contributed by atoms with Crippen LogP contribution in [0.3, 0.4) is 0 Å². The summed E-state index contributed by atoms with van der Waals surface area (Å²) in [6.45, 7) is 9.58. The van der Waals surface area contributed by atoms with Gasteiger partial charge in [-0.25, -0.2) is 9.13 Å². The lowest BCUT2D eigenvalue weighted by atomic mass is 9.99. The van der Waals surface area contributed by atoms with Crippen LogP contribution in [0.1, 0.15) is 375 Å². The minimum atomic E-state index is -4.95. The molecule has 0 saturated heterocycles. The van der Waals surface area contributed by atoms with Gasteiger partial charge in [0.2, 0.25) is 0 Å². The topological polar surface area (TPSA) is 237 Å². The maximum absolute atomic E-state index is 13.1. The van der Waals surface area contributed by atoms with Crippen LogP contribution in [0.5, 0.6) is 0 Å². The first kappa shape index (κ1) is 90.1. The second kappa shape index (κ2) is 65.0. The Morgan fingerprint density at radius 3 is 0.772 bits per heavy atom. The monoisotopic (exact) mass is 1350 g/mol. The molecule has 0 rings (SSSR count). The second-order valence-electron chi connectivity index (χ2n) is 26.8. The number of esters is 4. The van der Waals surface area contributed by atoms with Gasteiger partial charge >= 0.3 is 39.5 Å². The summed E-state index contributed by atoms with van der Waals surface area (Å²) < 4.78 is 68.4. The molecule has 0 aromatic rings. The van der Waals surface area contributed by atoms with Gasteiger partial charge in [-0.15, -0.1) is 0 Å². The molecule has 17 nitrogen and oxygen atoms in total. The summed E-state index contributed by atoms with van der Waals surface area (Å²) in [7, 11) is -9.91. The molecule has 3 N–H and O–H groups in total. The van der Waals surface area contributed by atoms with Crippen molar-refractivity contribution in [2.45, 2.75) is 394 Å². The molecule has 19 heteroatoms. The van der Waals surface area contributed by atoms with Gasteiger partial charge in [0.25, 0.3) is 0 Å². The Hall–Kier alpha value is -1.94. The highest BCUT2D eigenvalue weighted by Gasteiger charge is 2.30. The Balaban J connectivity index is 5.26. The SMILES string of the molecule is CCCCCCCCCCCCCCCCCCC(=O)O[C@H](COC(=O)CCCCCCCCCCC(C)CC)COP(=O)(O)OC[C@@H](O)COP(=O)(O)OC[C@@H](COC(=O)CCCCCCCCCCCCCC)OC(=O)CCCCCCCCCCC(C)CC. The van der Waals surface area contributed by atoms with Gasteiger partial charge in [-0.1, -0.05) is 324 Å². The zero-order valence-corrected chi connectivity index (χ0v) is 61.6. The molecule has 0 bridgehead atoms. The average molecular weight is 1350 g/mol. The maximum atomic E-state index is 13.1. The quantitative estimate of drug-likeness (QED) is 0.0222.